The maximum atomic E-state index is 4.83. The van der Waals surface area contributed by atoms with Crippen LogP contribution in [-0.4, -0.2) is 23.1 Å². The average Bonchev–Trinajstić information content (AvgIpc) is 3.23. The Morgan fingerprint density at radius 1 is 1.10 bits per heavy atom. The second-order valence-corrected chi connectivity index (χ2v) is 8.47. The van der Waals surface area contributed by atoms with Crippen molar-refractivity contribution in [2.24, 2.45) is 11.3 Å². The van der Waals surface area contributed by atoms with Crippen molar-refractivity contribution >= 4 is 21.7 Å². The number of hydrogen-bond donors (Lipinski definition) is 0. The van der Waals surface area contributed by atoms with E-state index in [0.29, 0.717) is 11.3 Å². The van der Waals surface area contributed by atoms with E-state index in [1.165, 1.54) is 32.1 Å². The molecule has 2 aliphatic rings. The molecule has 0 amide bonds. The average molecular weight is 352 g/mol. The molecule has 1 aliphatic heterocycles. The maximum Gasteiger partial charge on any atom is 0.135 e. The number of anilines is 1. The fourth-order valence-corrected chi connectivity index (χ4v) is 3.69. The fraction of sp³-hybridized carbons (Fsp3) is 0.765. The summed E-state index contributed by atoms with van der Waals surface area (Å²) in [6.45, 7) is 9.37. The monoisotopic (exact) mass is 351 g/mol. The summed E-state index contributed by atoms with van der Waals surface area (Å²) in [5.74, 6) is 3.58. The first-order valence-corrected chi connectivity index (χ1v) is 9.02. The Kier molecular flexibility index (Phi) is 4.26. The molecule has 0 radical (unpaired) electrons. The maximum absolute atomic E-state index is 4.83. The Hall–Kier alpha value is -0.640. The molecule has 2 heterocycles. The summed E-state index contributed by atoms with van der Waals surface area (Å²) in [7, 11) is 0. The lowest BCUT2D eigenvalue weighted by Crippen LogP contribution is -2.27. The van der Waals surface area contributed by atoms with E-state index < -0.39 is 0 Å². The van der Waals surface area contributed by atoms with Crippen molar-refractivity contribution in [1.82, 2.24) is 9.97 Å². The summed E-state index contributed by atoms with van der Waals surface area (Å²) in [4.78, 5) is 11.8. The first-order valence-electron chi connectivity index (χ1n) is 8.23. The Labute approximate surface area is 136 Å². The van der Waals surface area contributed by atoms with Crippen molar-refractivity contribution in [3.8, 4) is 0 Å². The molecular weight excluding hydrogens is 326 g/mol. The van der Waals surface area contributed by atoms with Gasteiger partial charge in [0, 0.05) is 25.1 Å². The highest BCUT2D eigenvalue weighted by molar-refractivity contribution is 9.10. The predicted molar refractivity (Wildman–Crippen MR) is 90.7 cm³/mol. The van der Waals surface area contributed by atoms with Gasteiger partial charge in [0.25, 0.3) is 0 Å². The summed E-state index contributed by atoms with van der Waals surface area (Å²) in [5, 5.41) is 0. The van der Waals surface area contributed by atoms with Crippen LogP contribution in [0.15, 0.2) is 10.7 Å². The fourth-order valence-electron chi connectivity index (χ4n) is 3.30. The number of hydrogen-bond acceptors (Lipinski definition) is 3. The molecule has 0 spiro atoms. The Morgan fingerprint density at radius 2 is 1.86 bits per heavy atom. The number of halogens is 1. The quantitative estimate of drug-likeness (QED) is 0.718. The normalized spacial score (nSPS) is 24.0. The van der Waals surface area contributed by atoms with Gasteiger partial charge in [0.1, 0.15) is 16.2 Å². The van der Waals surface area contributed by atoms with Crippen molar-refractivity contribution in [3.05, 3.63) is 16.5 Å². The molecule has 1 aromatic heterocycles. The molecule has 3 rings (SSSR count). The van der Waals surface area contributed by atoms with E-state index in [1.54, 1.807) is 0 Å². The van der Waals surface area contributed by atoms with Crippen LogP contribution in [0.2, 0.25) is 0 Å². The Bertz CT molecular complexity index is 505. The molecule has 1 saturated carbocycles. The number of rotatable bonds is 2. The summed E-state index contributed by atoms with van der Waals surface area (Å²) in [5.41, 5.74) is 0.418. The van der Waals surface area contributed by atoms with Gasteiger partial charge in [-0.1, -0.05) is 20.8 Å². The molecule has 116 valence electrons. The molecule has 4 heteroatoms. The molecule has 0 N–H and O–H groups in total. The lowest BCUT2D eigenvalue weighted by atomic mass is 9.77. The first-order chi connectivity index (χ1) is 9.93. The summed E-state index contributed by atoms with van der Waals surface area (Å²) >= 11 is 3.56. The van der Waals surface area contributed by atoms with Crippen LogP contribution in [-0.2, 0) is 0 Å². The molecule has 1 aromatic rings. The molecule has 2 fully saturated rings. The van der Waals surface area contributed by atoms with Crippen LogP contribution >= 0.6 is 15.9 Å². The third-order valence-electron chi connectivity index (χ3n) is 4.92. The van der Waals surface area contributed by atoms with Crippen LogP contribution in [0.25, 0.3) is 0 Å². The van der Waals surface area contributed by atoms with E-state index >= 15 is 0 Å². The van der Waals surface area contributed by atoms with Gasteiger partial charge in [-0.2, -0.15) is 0 Å². The zero-order valence-electron chi connectivity index (χ0n) is 13.4. The van der Waals surface area contributed by atoms with Gasteiger partial charge in [0.15, 0.2) is 0 Å². The van der Waals surface area contributed by atoms with Crippen LogP contribution in [0.1, 0.15) is 64.6 Å². The van der Waals surface area contributed by atoms with Gasteiger partial charge in [-0.25, -0.2) is 9.97 Å². The molecular formula is C17H26BrN3. The van der Waals surface area contributed by atoms with Gasteiger partial charge in [-0.05, 0) is 59.4 Å². The van der Waals surface area contributed by atoms with Crippen LogP contribution in [0.5, 0.6) is 0 Å². The minimum absolute atomic E-state index is 0.418. The molecule has 0 bridgehead atoms. The minimum Gasteiger partial charge on any atom is -0.356 e. The lowest BCUT2D eigenvalue weighted by molar-refractivity contribution is 0.220. The van der Waals surface area contributed by atoms with Gasteiger partial charge in [0.05, 0.1) is 0 Å². The molecule has 1 saturated heterocycles. The molecule has 3 nitrogen and oxygen atoms in total. The Morgan fingerprint density at radius 3 is 2.52 bits per heavy atom. The standard InChI is InChI=1S/C17H26BrN3/c1-17(2,3)13-5-4-9-21(10-8-13)15-11-14(18)19-16(20-15)12-6-7-12/h11-13H,4-10H2,1-3H3. The summed E-state index contributed by atoms with van der Waals surface area (Å²) < 4.78 is 0.936. The van der Waals surface area contributed by atoms with Crippen molar-refractivity contribution < 1.29 is 0 Å². The number of nitrogens with zero attached hydrogens (tertiary/aromatic N) is 3. The van der Waals surface area contributed by atoms with Gasteiger partial charge in [0.2, 0.25) is 0 Å². The van der Waals surface area contributed by atoms with E-state index in [9.17, 15) is 0 Å². The van der Waals surface area contributed by atoms with Crippen LogP contribution in [0.3, 0.4) is 0 Å². The van der Waals surface area contributed by atoms with E-state index in [0.717, 1.165) is 35.3 Å². The zero-order chi connectivity index (χ0) is 15.0. The van der Waals surface area contributed by atoms with E-state index in [2.05, 4.69) is 52.7 Å². The SMILES string of the molecule is CC(C)(C)C1CCCN(c2cc(Br)nc(C3CC3)n2)CC1. The van der Waals surface area contributed by atoms with Gasteiger partial charge in [-0.3, -0.25) is 0 Å². The van der Waals surface area contributed by atoms with E-state index in [4.69, 9.17) is 4.98 Å². The summed E-state index contributed by atoms with van der Waals surface area (Å²) in [6, 6.07) is 2.09. The summed E-state index contributed by atoms with van der Waals surface area (Å²) in [6.07, 6.45) is 6.37. The Balaban J connectivity index is 1.75. The third kappa shape index (κ3) is 3.77. The highest BCUT2D eigenvalue weighted by Gasteiger charge is 2.30. The van der Waals surface area contributed by atoms with Gasteiger partial charge < -0.3 is 4.90 Å². The highest BCUT2D eigenvalue weighted by Crippen LogP contribution is 2.40. The van der Waals surface area contributed by atoms with Crippen molar-refractivity contribution in [2.45, 2.75) is 58.8 Å². The predicted octanol–water partition coefficient (Wildman–Crippen LogP) is 4.77. The van der Waals surface area contributed by atoms with Crippen LogP contribution in [0.4, 0.5) is 5.82 Å². The highest BCUT2D eigenvalue weighted by atomic mass is 79.9. The molecule has 0 aromatic carbocycles. The lowest BCUT2D eigenvalue weighted by Gasteiger charge is -2.30. The van der Waals surface area contributed by atoms with Crippen molar-refractivity contribution in [2.75, 3.05) is 18.0 Å². The van der Waals surface area contributed by atoms with Crippen molar-refractivity contribution in [3.63, 3.8) is 0 Å². The first kappa shape index (κ1) is 15.3. The van der Waals surface area contributed by atoms with E-state index in [-0.39, 0.29) is 0 Å². The topological polar surface area (TPSA) is 29.0 Å². The van der Waals surface area contributed by atoms with Gasteiger partial charge >= 0.3 is 0 Å². The molecule has 21 heavy (non-hydrogen) atoms. The van der Waals surface area contributed by atoms with Crippen LogP contribution in [0, 0.1) is 11.3 Å². The third-order valence-corrected chi connectivity index (χ3v) is 5.32. The molecule has 1 atom stereocenters. The second-order valence-electron chi connectivity index (χ2n) is 7.66. The van der Waals surface area contributed by atoms with E-state index in [1.807, 2.05) is 0 Å². The zero-order valence-corrected chi connectivity index (χ0v) is 15.0. The molecule has 1 aliphatic carbocycles. The second kappa shape index (κ2) is 5.86. The largest absolute Gasteiger partial charge is 0.356 e. The van der Waals surface area contributed by atoms with Crippen molar-refractivity contribution in [1.29, 1.82) is 0 Å². The molecule has 1 unspecified atom stereocenters. The smallest absolute Gasteiger partial charge is 0.135 e. The minimum atomic E-state index is 0.418. The van der Waals surface area contributed by atoms with Crippen LogP contribution < -0.4 is 4.90 Å². The van der Waals surface area contributed by atoms with Gasteiger partial charge in [-0.15, -0.1) is 0 Å². The number of aromatic nitrogens is 2.